The van der Waals surface area contributed by atoms with Crippen LogP contribution in [0, 0.1) is 0 Å². The van der Waals surface area contributed by atoms with Crippen LogP contribution in [0.1, 0.15) is 18.9 Å². The van der Waals surface area contributed by atoms with Gasteiger partial charge in [-0.1, -0.05) is 67.0 Å². The number of halogens is 2. The first-order valence-corrected chi connectivity index (χ1v) is 14.3. The number of nitrogens with zero attached hydrogens (tertiary/aromatic N) is 3. The molecule has 0 saturated heterocycles. The average molecular weight is 595 g/mol. The number of nitrogens with two attached hydrogens (primary N) is 1. The Labute approximate surface area is 220 Å². The normalized spacial score (nSPS) is 11.7. The summed E-state index contributed by atoms with van der Waals surface area (Å²) in [6.07, 6.45) is 2.03. The zero-order chi connectivity index (χ0) is 25.2. The summed E-state index contributed by atoms with van der Waals surface area (Å²) in [6, 6.07) is 16.2. The summed E-state index contributed by atoms with van der Waals surface area (Å²) in [5, 5.41) is 19.0. The molecule has 0 aliphatic heterocycles. The molecular formula is C23H21BrClN5O3S2. The maximum absolute atomic E-state index is 12.6. The third-order valence-corrected chi connectivity index (χ3v) is 7.89. The van der Waals surface area contributed by atoms with Crippen molar-refractivity contribution in [2.24, 2.45) is 5.14 Å². The third-order valence-electron chi connectivity index (χ3n) is 5.22. The van der Waals surface area contributed by atoms with E-state index in [-0.39, 0.29) is 27.3 Å². The van der Waals surface area contributed by atoms with Crippen molar-refractivity contribution < 1.29 is 13.2 Å². The van der Waals surface area contributed by atoms with Crippen molar-refractivity contribution in [2.45, 2.75) is 29.8 Å². The SMILES string of the molecule is CCCc1ccc(-n2c(Br)nnc2SCC(=O)Nc2ccc(S(N)(=O)=O)cc2Cl)c2ccccc12. The molecule has 3 aromatic carbocycles. The molecule has 0 bridgehead atoms. The van der Waals surface area contributed by atoms with Gasteiger partial charge in [-0.2, -0.15) is 0 Å². The van der Waals surface area contributed by atoms with Crippen LogP contribution in [-0.2, 0) is 21.2 Å². The van der Waals surface area contributed by atoms with E-state index in [1.165, 1.54) is 40.9 Å². The van der Waals surface area contributed by atoms with Crippen molar-refractivity contribution in [3.63, 3.8) is 0 Å². The highest BCUT2D eigenvalue weighted by Crippen LogP contribution is 2.32. The van der Waals surface area contributed by atoms with Crippen LogP contribution in [0.2, 0.25) is 5.02 Å². The van der Waals surface area contributed by atoms with Crippen LogP contribution in [0.15, 0.2) is 69.4 Å². The van der Waals surface area contributed by atoms with Gasteiger partial charge in [0.15, 0.2) is 5.16 Å². The average Bonchev–Trinajstić information content (AvgIpc) is 3.19. The summed E-state index contributed by atoms with van der Waals surface area (Å²) in [6.45, 7) is 2.15. The van der Waals surface area contributed by atoms with Crippen molar-refractivity contribution in [3.8, 4) is 5.69 Å². The van der Waals surface area contributed by atoms with Gasteiger partial charge in [-0.3, -0.25) is 9.36 Å². The van der Waals surface area contributed by atoms with Crippen LogP contribution in [0.5, 0.6) is 0 Å². The number of thioether (sulfide) groups is 1. The maximum atomic E-state index is 12.6. The highest BCUT2D eigenvalue weighted by atomic mass is 79.9. The van der Waals surface area contributed by atoms with Gasteiger partial charge in [-0.25, -0.2) is 13.6 Å². The summed E-state index contributed by atoms with van der Waals surface area (Å²) < 4.78 is 25.3. The summed E-state index contributed by atoms with van der Waals surface area (Å²) >= 11 is 10.8. The molecule has 1 heterocycles. The molecule has 0 spiro atoms. The Balaban J connectivity index is 1.56. The molecule has 3 N–H and O–H groups in total. The zero-order valence-electron chi connectivity index (χ0n) is 18.5. The van der Waals surface area contributed by atoms with E-state index in [0.717, 1.165) is 23.9 Å². The molecule has 1 aromatic heterocycles. The highest BCUT2D eigenvalue weighted by Gasteiger charge is 2.18. The summed E-state index contributed by atoms with van der Waals surface area (Å²) in [5.41, 5.74) is 2.46. The Morgan fingerprint density at radius 3 is 2.57 bits per heavy atom. The number of nitrogens with one attached hydrogen (secondary N) is 1. The number of sulfonamides is 1. The van der Waals surface area contributed by atoms with Crippen LogP contribution in [0.25, 0.3) is 16.5 Å². The summed E-state index contributed by atoms with van der Waals surface area (Å²) in [7, 11) is -3.89. The molecule has 0 saturated carbocycles. The second-order valence-corrected chi connectivity index (χ2v) is 11.3. The molecule has 0 atom stereocenters. The minimum Gasteiger partial charge on any atom is -0.324 e. The number of amides is 1. The third kappa shape index (κ3) is 5.70. The van der Waals surface area contributed by atoms with E-state index in [0.29, 0.717) is 9.89 Å². The van der Waals surface area contributed by atoms with E-state index in [9.17, 15) is 13.2 Å². The Morgan fingerprint density at radius 1 is 1.14 bits per heavy atom. The van der Waals surface area contributed by atoms with Crippen LogP contribution in [0.4, 0.5) is 5.69 Å². The molecular weight excluding hydrogens is 574 g/mol. The fourth-order valence-electron chi connectivity index (χ4n) is 3.67. The van der Waals surface area contributed by atoms with Gasteiger partial charge in [0.05, 0.1) is 27.0 Å². The van der Waals surface area contributed by atoms with E-state index in [1.807, 2.05) is 22.8 Å². The fraction of sp³-hybridized carbons (Fsp3) is 0.174. The first-order valence-electron chi connectivity index (χ1n) is 10.6. The highest BCUT2D eigenvalue weighted by molar-refractivity contribution is 9.10. The number of carbonyl (C=O) groups excluding carboxylic acids is 1. The fourth-order valence-corrected chi connectivity index (χ4v) is 5.80. The van der Waals surface area contributed by atoms with Crippen LogP contribution >= 0.6 is 39.3 Å². The number of hydrogen-bond donors (Lipinski definition) is 2. The lowest BCUT2D eigenvalue weighted by atomic mass is 10.00. The number of aryl methyl sites for hydroxylation is 1. The number of primary sulfonamides is 1. The molecule has 1 amide bonds. The summed E-state index contributed by atoms with van der Waals surface area (Å²) in [5.74, 6) is -0.307. The van der Waals surface area contributed by atoms with Gasteiger partial charge in [0.1, 0.15) is 0 Å². The molecule has 0 aliphatic rings. The molecule has 8 nitrogen and oxygen atoms in total. The number of rotatable bonds is 8. The number of benzene rings is 3. The van der Waals surface area contributed by atoms with Crippen molar-refractivity contribution in [2.75, 3.05) is 11.1 Å². The van der Waals surface area contributed by atoms with Gasteiger partial charge in [0.25, 0.3) is 0 Å². The van der Waals surface area contributed by atoms with Crippen molar-refractivity contribution in [1.29, 1.82) is 0 Å². The standard InChI is InChI=1S/C23H21BrClN5O3S2/c1-2-5-14-8-11-20(17-7-4-3-6-16(14)17)30-22(24)28-29-23(30)34-13-21(31)27-19-10-9-15(12-18(19)25)35(26,32)33/h3-4,6-12H,2,5,13H2,1H3,(H,27,31)(H2,26,32,33). The second kappa shape index (κ2) is 10.7. The smallest absolute Gasteiger partial charge is 0.238 e. The first-order chi connectivity index (χ1) is 16.7. The Morgan fingerprint density at radius 2 is 1.89 bits per heavy atom. The number of aromatic nitrogens is 3. The lowest BCUT2D eigenvalue weighted by Crippen LogP contribution is -2.16. The monoisotopic (exact) mass is 593 g/mol. The molecule has 0 fully saturated rings. The molecule has 4 rings (SSSR count). The van der Waals surface area contributed by atoms with Gasteiger partial charge in [0.2, 0.25) is 20.7 Å². The molecule has 35 heavy (non-hydrogen) atoms. The molecule has 0 unspecified atom stereocenters. The van der Waals surface area contributed by atoms with E-state index in [4.69, 9.17) is 16.7 Å². The van der Waals surface area contributed by atoms with Gasteiger partial charge in [0, 0.05) is 5.39 Å². The number of hydrogen-bond acceptors (Lipinski definition) is 6. The van der Waals surface area contributed by atoms with E-state index in [1.54, 1.807) is 0 Å². The molecule has 12 heteroatoms. The number of fused-ring (bicyclic) bond motifs is 1. The molecule has 182 valence electrons. The van der Waals surface area contributed by atoms with Crippen molar-refractivity contribution >= 4 is 71.7 Å². The molecule has 0 radical (unpaired) electrons. The predicted octanol–water partition coefficient (Wildman–Crippen LogP) is 5.17. The Hall–Kier alpha value is -2.44. The van der Waals surface area contributed by atoms with Crippen LogP contribution < -0.4 is 10.5 Å². The zero-order valence-corrected chi connectivity index (χ0v) is 22.5. The second-order valence-electron chi connectivity index (χ2n) is 7.65. The summed E-state index contributed by atoms with van der Waals surface area (Å²) in [4.78, 5) is 12.5. The minimum absolute atomic E-state index is 0.0320. The van der Waals surface area contributed by atoms with Gasteiger partial charge in [-0.05, 0) is 57.6 Å². The van der Waals surface area contributed by atoms with Crippen LogP contribution in [-0.4, -0.2) is 34.8 Å². The lowest BCUT2D eigenvalue weighted by Gasteiger charge is -2.14. The van der Waals surface area contributed by atoms with Crippen molar-refractivity contribution in [3.05, 3.63) is 69.9 Å². The Kier molecular flexibility index (Phi) is 7.82. The van der Waals surface area contributed by atoms with Gasteiger partial charge >= 0.3 is 0 Å². The number of carbonyl (C=O) groups is 1. The van der Waals surface area contributed by atoms with Gasteiger partial charge in [-0.15, -0.1) is 10.2 Å². The van der Waals surface area contributed by atoms with E-state index < -0.39 is 10.0 Å². The lowest BCUT2D eigenvalue weighted by molar-refractivity contribution is -0.113. The quantitative estimate of drug-likeness (QED) is 0.272. The predicted molar refractivity (Wildman–Crippen MR) is 143 cm³/mol. The van der Waals surface area contributed by atoms with E-state index in [2.05, 4.69) is 56.6 Å². The molecule has 4 aromatic rings. The minimum atomic E-state index is -3.89. The Bertz CT molecular complexity index is 1530. The molecule has 0 aliphatic carbocycles. The van der Waals surface area contributed by atoms with Gasteiger partial charge < -0.3 is 5.32 Å². The largest absolute Gasteiger partial charge is 0.324 e. The van der Waals surface area contributed by atoms with E-state index >= 15 is 0 Å². The van der Waals surface area contributed by atoms with Crippen LogP contribution in [0.3, 0.4) is 0 Å². The first kappa shape index (κ1) is 25.6. The topological polar surface area (TPSA) is 120 Å². The number of anilines is 1. The van der Waals surface area contributed by atoms with Crippen molar-refractivity contribution in [1.82, 2.24) is 14.8 Å². The maximum Gasteiger partial charge on any atom is 0.238 e.